The summed E-state index contributed by atoms with van der Waals surface area (Å²) in [5.41, 5.74) is 2.11. The Bertz CT molecular complexity index is 877. The second-order valence-corrected chi connectivity index (χ2v) is 8.40. The summed E-state index contributed by atoms with van der Waals surface area (Å²) in [5.74, 6) is 0. The van der Waals surface area contributed by atoms with Gasteiger partial charge >= 0.3 is 0 Å². The number of benzene rings is 2. The molecule has 0 aromatic heterocycles. The number of halogens is 1. The van der Waals surface area contributed by atoms with Crippen molar-refractivity contribution in [2.75, 3.05) is 13.6 Å². The molecule has 0 fully saturated rings. The van der Waals surface area contributed by atoms with E-state index in [4.69, 9.17) is 0 Å². The Morgan fingerprint density at radius 1 is 1.12 bits per heavy atom. The normalized spacial score (nSPS) is 11.9. The number of aliphatic imine (C=N–C) groups is 1. The summed E-state index contributed by atoms with van der Waals surface area (Å²) < 4.78 is 26.6. The molecule has 2 aromatic carbocycles. The highest BCUT2D eigenvalue weighted by Crippen LogP contribution is 2.34. The predicted molar refractivity (Wildman–Crippen MR) is 102 cm³/mol. The van der Waals surface area contributed by atoms with Gasteiger partial charge in [0.05, 0.1) is 21.8 Å². The zero-order valence-corrected chi connectivity index (χ0v) is 16.6. The number of sulfone groups is 1. The molecule has 2 aromatic rings. The molecule has 0 aliphatic carbocycles. The number of aryl methyl sites for hydroxylation is 2. The first-order valence-electron chi connectivity index (χ1n) is 7.62. The van der Waals surface area contributed by atoms with E-state index in [0.717, 1.165) is 12.1 Å². The lowest BCUT2D eigenvalue weighted by molar-refractivity contribution is 0.552. The molecule has 2 rings (SSSR count). The Balaban J connectivity index is 2.52. The van der Waals surface area contributed by atoms with Crippen LogP contribution in [0.25, 0.3) is 0 Å². The first-order valence-corrected chi connectivity index (χ1v) is 9.90. The maximum atomic E-state index is 13.0. The molecule has 0 saturated carbocycles. The van der Waals surface area contributed by atoms with Crippen molar-refractivity contribution in [3.8, 4) is 0 Å². The second kappa shape index (κ2) is 7.49. The molecule has 0 bridgehead atoms. The van der Waals surface area contributed by atoms with E-state index >= 15 is 0 Å². The summed E-state index contributed by atoms with van der Waals surface area (Å²) in [6.07, 6.45) is 1.73. The molecular weight excluding hydrogens is 388 g/mol. The van der Waals surface area contributed by atoms with E-state index in [0.29, 0.717) is 25.5 Å². The summed E-state index contributed by atoms with van der Waals surface area (Å²) in [4.78, 5) is 6.99. The third-order valence-corrected chi connectivity index (χ3v) is 6.50. The fourth-order valence-corrected chi connectivity index (χ4v) is 4.59. The quantitative estimate of drug-likeness (QED) is 0.539. The number of rotatable bonds is 5. The van der Waals surface area contributed by atoms with Gasteiger partial charge in [0.1, 0.15) is 0 Å². The van der Waals surface area contributed by atoms with Gasteiger partial charge in [0.15, 0.2) is 0 Å². The largest absolute Gasteiger partial charge is 0.366 e. The van der Waals surface area contributed by atoms with Gasteiger partial charge in [-0.1, -0.05) is 18.2 Å². The molecular formula is C18H21BrN2O2S. The average molecular weight is 409 g/mol. The Kier molecular flexibility index (Phi) is 5.83. The van der Waals surface area contributed by atoms with Gasteiger partial charge in [0, 0.05) is 18.1 Å². The van der Waals surface area contributed by atoms with Crippen LogP contribution in [0, 0.1) is 13.8 Å². The maximum absolute atomic E-state index is 13.0. The molecule has 128 valence electrons. The molecule has 4 nitrogen and oxygen atoms in total. The summed E-state index contributed by atoms with van der Waals surface area (Å²) >= 11 is 3.44. The van der Waals surface area contributed by atoms with Crippen LogP contribution in [-0.2, 0) is 9.84 Å². The lowest BCUT2D eigenvalue weighted by atomic mass is 10.2. The summed E-state index contributed by atoms with van der Waals surface area (Å²) in [5, 5.41) is 0. The van der Waals surface area contributed by atoms with E-state index < -0.39 is 9.84 Å². The smallest absolute Gasteiger partial charge is 0.207 e. The Morgan fingerprint density at radius 2 is 1.79 bits per heavy atom. The lowest BCUT2D eigenvalue weighted by Gasteiger charge is -2.13. The van der Waals surface area contributed by atoms with Gasteiger partial charge in [-0.25, -0.2) is 13.4 Å². The molecule has 0 unspecified atom stereocenters. The van der Waals surface area contributed by atoms with Gasteiger partial charge in [0.2, 0.25) is 9.84 Å². The molecule has 0 aliphatic rings. The van der Waals surface area contributed by atoms with Crippen LogP contribution in [-0.4, -0.2) is 33.2 Å². The van der Waals surface area contributed by atoms with Crippen LogP contribution in [0.1, 0.15) is 18.1 Å². The van der Waals surface area contributed by atoms with Gasteiger partial charge in [-0.15, -0.1) is 0 Å². The third-order valence-electron chi connectivity index (χ3n) is 3.81. The monoisotopic (exact) mass is 408 g/mol. The highest BCUT2D eigenvalue weighted by atomic mass is 79.9. The van der Waals surface area contributed by atoms with E-state index in [1.807, 2.05) is 24.9 Å². The Labute approximate surface area is 152 Å². The zero-order valence-electron chi connectivity index (χ0n) is 14.2. The summed E-state index contributed by atoms with van der Waals surface area (Å²) in [7, 11) is -1.64. The first-order chi connectivity index (χ1) is 11.3. The van der Waals surface area contributed by atoms with Crippen LogP contribution in [0.3, 0.4) is 0 Å². The van der Waals surface area contributed by atoms with Gasteiger partial charge in [-0.2, -0.15) is 0 Å². The standard InChI is InChI=1S/C18H21BrN2O2S/c1-5-21(4)12-20-16-10-14(3)18(11-15(16)19)24(22,23)17-9-7-6-8-13(17)2/h6-12H,5H2,1-4H3. The second-order valence-electron chi connectivity index (χ2n) is 5.66. The first kappa shape index (κ1) is 18.7. The van der Waals surface area contributed by atoms with E-state index in [9.17, 15) is 8.42 Å². The maximum Gasteiger partial charge on any atom is 0.207 e. The molecule has 0 saturated heterocycles. The van der Waals surface area contributed by atoms with Gasteiger partial charge in [-0.3, -0.25) is 0 Å². The molecule has 24 heavy (non-hydrogen) atoms. The van der Waals surface area contributed by atoms with Crippen molar-refractivity contribution in [2.24, 2.45) is 4.99 Å². The van der Waals surface area contributed by atoms with Crippen LogP contribution >= 0.6 is 15.9 Å². The zero-order chi connectivity index (χ0) is 17.9. The molecule has 0 amide bonds. The predicted octanol–water partition coefficient (Wildman–Crippen LogP) is 4.51. The molecule has 0 spiro atoms. The molecule has 0 heterocycles. The Morgan fingerprint density at radius 3 is 2.42 bits per heavy atom. The SMILES string of the molecule is CCN(C)C=Nc1cc(C)c(S(=O)(=O)c2ccccc2C)cc1Br. The third kappa shape index (κ3) is 3.87. The van der Waals surface area contributed by atoms with E-state index in [1.54, 1.807) is 50.5 Å². The minimum Gasteiger partial charge on any atom is -0.366 e. The van der Waals surface area contributed by atoms with Gasteiger partial charge in [0.25, 0.3) is 0 Å². The topological polar surface area (TPSA) is 49.7 Å². The van der Waals surface area contributed by atoms with Gasteiger partial charge in [-0.05, 0) is 66.0 Å². The summed E-state index contributed by atoms with van der Waals surface area (Å²) in [6.45, 7) is 6.47. The molecule has 0 N–H and O–H groups in total. The number of hydrogen-bond acceptors (Lipinski definition) is 3. The van der Waals surface area contributed by atoms with Crippen molar-refractivity contribution in [1.82, 2.24) is 4.90 Å². The van der Waals surface area contributed by atoms with Crippen LogP contribution in [0.5, 0.6) is 0 Å². The van der Waals surface area contributed by atoms with Gasteiger partial charge < -0.3 is 4.90 Å². The van der Waals surface area contributed by atoms with Crippen molar-refractivity contribution < 1.29 is 8.42 Å². The summed E-state index contributed by atoms with van der Waals surface area (Å²) in [6, 6.07) is 10.4. The van der Waals surface area contributed by atoms with Crippen molar-refractivity contribution >= 4 is 37.8 Å². The number of hydrogen-bond donors (Lipinski definition) is 0. The highest BCUT2D eigenvalue weighted by molar-refractivity contribution is 9.10. The Hall–Kier alpha value is -1.66. The fraction of sp³-hybridized carbons (Fsp3) is 0.278. The molecule has 0 aliphatic heterocycles. The highest BCUT2D eigenvalue weighted by Gasteiger charge is 2.22. The molecule has 0 atom stereocenters. The van der Waals surface area contributed by atoms with Crippen molar-refractivity contribution in [3.05, 3.63) is 52.0 Å². The fourth-order valence-electron chi connectivity index (χ4n) is 2.26. The van der Waals surface area contributed by atoms with Crippen LogP contribution in [0.4, 0.5) is 5.69 Å². The van der Waals surface area contributed by atoms with E-state index in [-0.39, 0.29) is 0 Å². The van der Waals surface area contributed by atoms with E-state index in [1.165, 1.54) is 0 Å². The average Bonchev–Trinajstić information content (AvgIpc) is 2.54. The van der Waals surface area contributed by atoms with E-state index in [2.05, 4.69) is 20.9 Å². The van der Waals surface area contributed by atoms with Crippen molar-refractivity contribution in [2.45, 2.75) is 30.6 Å². The minimum atomic E-state index is -3.57. The lowest BCUT2D eigenvalue weighted by Crippen LogP contribution is -2.14. The van der Waals surface area contributed by atoms with Crippen molar-refractivity contribution in [3.63, 3.8) is 0 Å². The van der Waals surface area contributed by atoms with Crippen molar-refractivity contribution in [1.29, 1.82) is 0 Å². The number of nitrogens with zero attached hydrogens (tertiary/aromatic N) is 2. The minimum absolute atomic E-state index is 0.298. The van der Waals surface area contributed by atoms with Crippen LogP contribution in [0.15, 0.2) is 55.7 Å². The van der Waals surface area contributed by atoms with Crippen LogP contribution < -0.4 is 0 Å². The molecule has 6 heteroatoms. The van der Waals surface area contributed by atoms with Crippen LogP contribution in [0.2, 0.25) is 0 Å². The molecule has 0 radical (unpaired) electrons.